The Balaban J connectivity index is 1.93. The Morgan fingerprint density at radius 3 is 2.53 bits per heavy atom. The normalized spacial score (nSPS) is 17.1. The van der Waals surface area contributed by atoms with E-state index in [9.17, 15) is 4.79 Å². The van der Waals surface area contributed by atoms with Gasteiger partial charge in [0.15, 0.2) is 0 Å². The highest BCUT2D eigenvalue weighted by molar-refractivity contribution is 6.31. The molecule has 104 valence electrons. The second kappa shape index (κ2) is 6.92. The quantitative estimate of drug-likeness (QED) is 0.839. The maximum atomic E-state index is 10.8. The minimum atomic E-state index is -0.960. The number of hydrogen-bond donors (Lipinski definition) is 1. The second-order valence-electron chi connectivity index (χ2n) is 5.04. The molecule has 0 bridgehead atoms. The van der Waals surface area contributed by atoms with Crippen molar-refractivity contribution in [3.05, 3.63) is 34.3 Å². The zero-order chi connectivity index (χ0) is 13.7. The lowest BCUT2D eigenvalue weighted by Gasteiger charge is -2.16. The highest BCUT2D eigenvalue weighted by Crippen LogP contribution is 2.23. The first-order valence-corrected chi connectivity index (χ1v) is 7.18. The Morgan fingerprint density at radius 2 is 1.95 bits per heavy atom. The van der Waals surface area contributed by atoms with Gasteiger partial charge in [-0.1, -0.05) is 43.4 Å². The summed E-state index contributed by atoms with van der Waals surface area (Å²) in [5.74, 6) is -0.960. The van der Waals surface area contributed by atoms with Crippen LogP contribution in [0.15, 0.2) is 18.2 Å². The number of benzene rings is 1. The number of aromatic carboxylic acids is 1. The minimum Gasteiger partial charge on any atom is -0.478 e. The topological polar surface area (TPSA) is 46.5 Å². The summed E-state index contributed by atoms with van der Waals surface area (Å²) in [4.78, 5) is 10.8. The lowest BCUT2D eigenvalue weighted by atomic mass is 10.1. The number of halogens is 1. The third-order valence-electron chi connectivity index (χ3n) is 3.58. The van der Waals surface area contributed by atoms with Crippen LogP contribution in [0.2, 0.25) is 5.02 Å². The van der Waals surface area contributed by atoms with Gasteiger partial charge in [0.2, 0.25) is 0 Å². The van der Waals surface area contributed by atoms with E-state index >= 15 is 0 Å². The summed E-state index contributed by atoms with van der Waals surface area (Å²) in [5.41, 5.74) is 1.07. The largest absolute Gasteiger partial charge is 0.478 e. The number of carboxylic acids is 1. The molecule has 1 aliphatic carbocycles. The Bertz CT molecular complexity index is 437. The van der Waals surface area contributed by atoms with Crippen molar-refractivity contribution in [1.29, 1.82) is 0 Å². The number of rotatable bonds is 4. The Hall–Kier alpha value is -1.06. The molecule has 1 saturated carbocycles. The third kappa shape index (κ3) is 4.22. The molecular formula is C15H19ClO3. The van der Waals surface area contributed by atoms with Gasteiger partial charge in [0.25, 0.3) is 0 Å². The Labute approximate surface area is 118 Å². The molecule has 0 unspecified atom stereocenters. The van der Waals surface area contributed by atoms with Crippen molar-refractivity contribution in [3.63, 3.8) is 0 Å². The molecule has 1 aliphatic rings. The number of carboxylic acid groups (broad SMARTS) is 1. The van der Waals surface area contributed by atoms with Crippen molar-refractivity contribution < 1.29 is 14.6 Å². The molecule has 4 heteroatoms. The first-order chi connectivity index (χ1) is 9.16. The van der Waals surface area contributed by atoms with Crippen LogP contribution in [0.4, 0.5) is 0 Å². The molecule has 3 nitrogen and oxygen atoms in total. The maximum Gasteiger partial charge on any atom is 0.335 e. The van der Waals surface area contributed by atoms with Crippen molar-refractivity contribution in [2.75, 3.05) is 0 Å². The van der Waals surface area contributed by atoms with Crippen molar-refractivity contribution in [2.24, 2.45) is 0 Å². The van der Waals surface area contributed by atoms with Crippen LogP contribution in [-0.4, -0.2) is 17.2 Å². The fourth-order valence-corrected chi connectivity index (χ4v) is 2.65. The molecule has 0 amide bonds. The lowest BCUT2D eigenvalue weighted by molar-refractivity contribution is 0.0310. The predicted molar refractivity (Wildman–Crippen MR) is 74.7 cm³/mol. The van der Waals surface area contributed by atoms with Gasteiger partial charge in [-0.25, -0.2) is 4.79 Å². The van der Waals surface area contributed by atoms with E-state index in [4.69, 9.17) is 21.4 Å². The average molecular weight is 283 g/mol. The van der Waals surface area contributed by atoms with Gasteiger partial charge in [-0.3, -0.25) is 0 Å². The van der Waals surface area contributed by atoms with Crippen LogP contribution in [-0.2, 0) is 11.3 Å². The molecule has 1 aromatic rings. The van der Waals surface area contributed by atoms with E-state index < -0.39 is 5.97 Å². The number of carbonyl (C=O) groups is 1. The second-order valence-corrected chi connectivity index (χ2v) is 5.44. The van der Waals surface area contributed by atoms with Gasteiger partial charge in [0.1, 0.15) is 0 Å². The summed E-state index contributed by atoms with van der Waals surface area (Å²) in [6.45, 7) is 0.462. The van der Waals surface area contributed by atoms with E-state index in [0.717, 1.165) is 18.4 Å². The van der Waals surface area contributed by atoms with Crippen molar-refractivity contribution in [3.8, 4) is 0 Å². The van der Waals surface area contributed by atoms with Crippen molar-refractivity contribution in [1.82, 2.24) is 0 Å². The highest BCUT2D eigenvalue weighted by atomic mass is 35.5. The highest BCUT2D eigenvalue weighted by Gasteiger charge is 2.14. The Morgan fingerprint density at radius 1 is 1.26 bits per heavy atom. The molecule has 1 fully saturated rings. The zero-order valence-electron chi connectivity index (χ0n) is 10.9. The molecule has 2 rings (SSSR count). The number of ether oxygens (including phenoxy) is 1. The summed E-state index contributed by atoms with van der Waals surface area (Å²) >= 11 is 6.08. The average Bonchev–Trinajstić information content (AvgIpc) is 2.65. The fourth-order valence-electron chi connectivity index (χ4n) is 2.41. The van der Waals surface area contributed by atoms with Crippen LogP contribution < -0.4 is 0 Å². The van der Waals surface area contributed by atoms with Gasteiger partial charge in [0.05, 0.1) is 18.3 Å². The Kier molecular flexibility index (Phi) is 5.23. The smallest absolute Gasteiger partial charge is 0.335 e. The SMILES string of the molecule is O=C(O)c1ccc(COC2CCCCCC2)c(Cl)c1. The first-order valence-electron chi connectivity index (χ1n) is 6.80. The van der Waals surface area contributed by atoms with Gasteiger partial charge >= 0.3 is 5.97 Å². The molecule has 0 atom stereocenters. The van der Waals surface area contributed by atoms with Gasteiger partial charge in [-0.05, 0) is 30.5 Å². The summed E-state index contributed by atoms with van der Waals surface area (Å²) < 4.78 is 5.90. The lowest BCUT2D eigenvalue weighted by Crippen LogP contribution is -2.11. The monoisotopic (exact) mass is 282 g/mol. The predicted octanol–water partition coefficient (Wildman–Crippen LogP) is 4.28. The molecule has 0 aromatic heterocycles. The van der Waals surface area contributed by atoms with Gasteiger partial charge < -0.3 is 9.84 Å². The molecule has 0 saturated heterocycles. The molecule has 0 radical (unpaired) electrons. The van der Waals surface area contributed by atoms with Gasteiger partial charge in [0, 0.05) is 5.02 Å². The van der Waals surface area contributed by atoms with E-state index in [2.05, 4.69) is 0 Å². The third-order valence-corrected chi connectivity index (χ3v) is 3.93. The fraction of sp³-hybridized carbons (Fsp3) is 0.533. The van der Waals surface area contributed by atoms with Crippen LogP contribution in [0.5, 0.6) is 0 Å². The maximum absolute atomic E-state index is 10.8. The molecular weight excluding hydrogens is 264 g/mol. The molecule has 0 aliphatic heterocycles. The van der Waals surface area contributed by atoms with E-state index in [1.807, 2.05) is 0 Å². The summed E-state index contributed by atoms with van der Waals surface area (Å²) in [5, 5.41) is 9.34. The molecule has 1 N–H and O–H groups in total. The molecule has 1 aromatic carbocycles. The van der Waals surface area contributed by atoms with E-state index in [1.165, 1.54) is 31.7 Å². The molecule has 0 spiro atoms. The number of hydrogen-bond acceptors (Lipinski definition) is 2. The van der Waals surface area contributed by atoms with Crippen LogP contribution >= 0.6 is 11.6 Å². The van der Waals surface area contributed by atoms with Gasteiger partial charge in [-0.2, -0.15) is 0 Å². The minimum absolute atomic E-state index is 0.211. The van der Waals surface area contributed by atoms with Gasteiger partial charge in [-0.15, -0.1) is 0 Å². The summed E-state index contributed by atoms with van der Waals surface area (Å²) in [6.07, 6.45) is 7.61. The van der Waals surface area contributed by atoms with Crippen LogP contribution in [0.25, 0.3) is 0 Å². The zero-order valence-corrected chi connectivity index (χ0v) is 11.7. The van der Waals surface area contributed by atoms with Crippen molar-refractivity contribution in [2.45, 2.75) is 51.2 Å². The van der Waals surface area contributed by atoms with Crippen molar-refractivity contribution >= 4 is 17.6 Å². The molecule has 19 heavy (non-hydrogen) atoms. The summed E-state index contributed by atoms with van der Waals surface area (Å²) in [7, 11) is 0. The van der Waals surface area contributed by atoms with E-state index in [1.54, 1.807) is 12.1 Å². The van der Waals surface area contributed by atoms with Crippen LogP contribution in [0, 0.1) is 0 Å². The van der Waals surface area contributed by atoms with E-state index in [0.29, 0.717) is 17.7 Å². The first kappa shape index (κ1) is 14.4. The summed E-state index contributed by atoms with van der Waals surface area (Å²) in [6, 6.07) is 4.79. The van der Waals surface area contributed by atoms with E-state index in [-0.39, 0.29) is 5.56 Å². The van der Waals surface area contributed by atoms with Crippen LogP contribution in [0.3, 0.4) is 0 Å². The molecule has 0 heterocycles. The van der Waals surface area contributed by atoms with Crippen LogP contribution in [0.1, 0.15) is 54.4 Å². The standard InChI is InChI=1S/C15H19ClO3/c16-14-9-11(15(17)18)7-8-12(14)10-19-13-5-3-1-2-4-6-13/h7-9,13H,1-6,10H2,(H,17,18).